The maximum atomic E-state index is 12.9. The predicted molar refractivity (Wildman–Crippen MR) is 118 cm³/mol. The molecule has 0 radical (unpaired) electrons. The first-order valence-corrected chi connectivity index (χ1v) is 10.7. The number of aryl methyl sites for hydroxylation is 1. The normalized spacial score (nSPS) is 10.8. The van der Waals surface area contributed by atoms with Gasteiger partial charge in [0.1, 0.15) is 5.75 Å². The van der Waals surface area contributed by atoms with Crippen LogP contribution < -0.4 is 0 Å². The summed E-state index contributed by atoms with van der Waals surface area (Å²) in [5.41, 5.74) is 3.36. The molecule has 0 bridgehead atoms. The van der Waals surface area contributed by atoms with Crippen LogP contribution in [0.25, 0.3) is 0 Å². The molecule has 5 heteroatoms. The van der Waals surface area contributed by atoms with E-state index in [2.05, 4.69) is 38.1 Å². The maximum Gasteiger partial charge on any atom is 0.305 e. The van der Waals surface area contributed by atoms with E-state index in [1.165, 1.54) is 5.56 Å². The van der Waals surface area contributed by atoms with E-state index in [-0.39, 0.29) is 17.6 Å². The van der Waals surface area contributed by atoms with Crippen LogP contribution >= 0.6 is 0 Å². The van der Waals surface area contributed by atoms with Gasteiger partial charge in [-0.25, -0.2) is 0 Å². The number of phenolic OH excluding ortho intramolecular Hbond substituents is 1. The first-order valence-electron chi connectivity index (χ1n) is 10.7. The second-order valence-corrected chi connectivity index (χ2v) is 7.79. The van der Waals surface area contributed by atoms with Gasteiger partial charge in [0.05, 0.1) is 6.61 Å². The smallest absolute Gasteiger partial charge is 0.305 e. The highest BCUT2D eigenvalue weighted by Gasteiger charge is 2.15. The lowest BCUT2D eigenvalue weighted by Gasteiger charge is -2.23. The van der Waals surface area contributed by atoms with Crippen LogP contribution in [0, 0.1) is 0 Å². The third-order valence-corrected chi connectivity index (χ3v) is 5.05. The zero-order valence-electron chi connectivity index (χ0n) is 18.3. The van der Waals surface area contributed by atoms with Crippen LogP contribution in [0.3, 0.4) is 0 Å². The van der Waals surface area contributed by atoms with Gasteiger partial charge in [-0.2, -0.15) is 0 Å². The van der Waals surface area contributed by atoms with Gasteiger partial charge in [0, 0.05) is 25.9 Å². The second-order valence-electron chi connectivity index (χ2n) is 7.79. The van der Waals surface area contributed by atoms with E-state index in [0.717, 1.165) is 11.1 Å². The highest BCUT2D eigenvalue weighted by Crippen LogP contribution is 2.17. The molecule has 0 aliphatic rings. The zero-order valence-corrected chi connectivity index (χ0v) is 18.3. The minimum Gasteiger partial charge on any atom is -0.508 e. The molecular formula is C25H33NO4. The number of hydrogen-bond acceptors (Lipinski definition) is 4. The number of aromatic hydroxyl groups is 1. The number of phenols is 1. The van der Waals surface area contributed by atoms with E-state index in [9.17, 15) is 14.7 Å². The molecule has 5 nitrogen and oxygen atoms in total. The summed E-state index contributed by atoms with van der Waals surface area (Å²) in [6.07, 6.45) is 1.88. The average Bonchev–Trinajstić information content (AvgIpc) is 2.73. The topological polar surface area (TPSA) is 66.8 Å². The summed E-state index contributed by atoms with van der Waals surface area (Å²) in [6.45, 7) is 7.51. The number of benzene rings is 2. The summed E-state index contributed by atoms with van der Waals surface area (Å²) in [5, 5.41) is 9.41. The van der Waals surface area contributed by atoms with Gasteiger partial charge < -0.3 is 14.7 Å². The Balaban J connectivity index is 2.00. The van der Waals surface area contributed by atoms with Crippen molar-refractivity contribution >= 4 is 11.9 Å². The Morgan fingerprint density at radius 1 is 0.967 bits per heavy atom. The van der Waals surface area contributed by atoms with Crippen LogP contribution in [0.1, 0.15) is 62.6 Å². The van der Waals surface area contributed by atoms with E-state index in [4.69, 9.17) is 4.74 Å². The lowest BCUT2D eigenvalue weighted by molar-refractivity contribution is -0.143. The molecular weight excluding hydrogens is 378 g/mol. The number of carbonyl (C=O) groups excluding carboxylic acids is 2. The molecule has 0 atom stereocenters. The minimum atomic E-state index is -0.227. The van der Waals surface area contributed by atoms with Crippen LogP contribution in [0.2, 0.25) is 0 Å². The third kappa shape index (κ3) is 7.90. The van der Waals surface area contributed by atoms with Gasteiger partial charge in [-0.1, -0.05) is 50.2 Å². The number of hydrogen-bond donors (Lipinski definition) is 1. The Morgan fingerprint density at radius 3 is 2.20 bits per heavy atom. The van der Waals surface area contributed by atoms with Crippen molar-refractivity contribution in [2.24, 2.45) is 0 Å². The Kier molecular flexibility index (Phi) is 9.39. The number of esters is 1. The quantitative estimate of drug-likeness (QED) is 0.538. The second kappa shape index (κ2) is 12.0. The molecule has 1 N–H and O–H groups in total. The number of rotatable bonds is 11. The first kappa shape index (κ1) is 23.5. The summed E-state index contributed by atoms with van der Waals surface area (Å²) < 4.78 is 4.99. The van der Waals surface area contributed by atoms with Crippen molar-refractivity contribution in [1.29, 1.82) is 0 Å². The van der Waals surface area contributed by atoms with Crippen molar-refractivity contribution in [3.05, 3.63) is 65.2 Å². The van der Waals surface area contributed by atoms with Crippen molar-refractivity contribution in [2.75, 3.05) is 13.2 Å². The average molecular weight is 412 g/mol. The van der Waals surface area contributed by atoms with E-state index < -0.39 is 0 Å². The van der Waals surface area contributed by atoms with E-state index >= 15 is 0 Å². The number of carbonyl (C=O) groups is 2. The van der Waals surface area contributed by atoms with Crippen LogP contribution in [-0.2, 0) is 27.3 Å². The minimum absolute atomic E-state index is 0.0554. The molecule has 162 valence electrons. The molecule has 0 heterocycles. The van der Waals surface area contributed by atoms with Gasteiger partial charge in [-0.05, 0) is 54.5 Å². The largest absolute Gasteiger partial charge is 0.508 e. The van der Waals surface area contributed by atoms with E-state index in [0.29, 0.717) is 51.3 Å². The molecule has 0 fully saturated rings. The summed E-state index contributed by atoms with van der Waals surface area (Å²) in [7, 11) is 0. The molecule has 2 aromatic rings. The van der Waals surface area contributed by atoms with Gasteiger partial charge in [-0.3, -0.25) is 9.59 Å². The molecule has 0 aliphatic heterocycles. The Hall–Kier alpha value is -2.82. The van der Waals surface area contributed by atoms with Gasteiger partial charge in [0.2, 0.25) is 5.91 Å². The monoisotopic (exact) mass is 411 g/mol. The SMILES string of the molecule is CCOC(=O)CCCN(Cc1ccc(C(C)C)cc1)C(=O)CCc1ccc(O)cc1. The highest BCUT2D eigenvalue weighted by molar-refractivity contribution is 5.76. The van der Waals surface area contributed by atoms with E-state index in [1.807, 2.05) is 17.0 Å². The standard InChI is InChI=1S/C25H33NO4/c1-4-30-25(29)6-5-17-26(18-21-7-12-22(13-8-21)19(2)3)24(28)16-11-20-9-14-23(27)15-10-20/h7-10,12-15,19,27H,4-6,11,16-18H2,1-3H3. The van der Waals surface area contributed by atoms with Gasteiger partial charge in [-0.15, -0.1) is 0 Å². The van der Waals surface area contributed by atoms with Crippen LogP contribution in [0.5, 0.6) is 5.75 Å². The summed E-state index contributed by atoms with van der Waals surface area (Å²) in [5.74, 6) is 0.511. The summed E-state index contributed by atoms with van der Waals surface area (Å²) in [4.78, 5) is 26.4. The Morgan fingerprint density at radius 2 is 1.60 bits per heavy atom. The molecule has 0 aromatic heterocycles. The van der Waals surface area contributed by atoms with Gasteiger partial charge >= 0.3 is 5.97 Å². The molecule has 0 saturated heterocycles. The molecule has 0 unspecified atom stereocenters. The lowest BCUT2D eigenvalue weighted by Crippen LogP contribution is -2.32. The summed E-state index contributed by atoms with van der Waals surface area (Å²) >= 11 is 0. The maximum absolute atomic E-state index is 12.9. The molecule has 30 heavy (non-hydrogen) atoms. The molecule has 1 amide bonds. The number of nitrogens with zero attached hydrogens (tertiary/aromatic N) is 1. The third-order valence-electron chi connectivity index (χ3n) is 5.05. The predicted octanol–water partition coefficient (Wildman–Crippen LogP) is 4.82. The summed E-state index contributed by atoms with van der Waals surface area (Å²) in [6, 6.07) is 15.3. The zero-order chi connectivity index (χ0) is 21.9. The fraction of sp³-hybridized carbons (Fsp3) is 0.440. The van der Waals surface area contributed by atoms with Gasteiger partial charge in [0.25, 0.3) is 0 Å². The van der Waals surface area contributed by atoms with E-state index in [1.54, 1.807) is 19.1 Å². The lowest BCUT2D eigenvalue weighted by atomic mass is 10.0. The van der Waals surface area contributed by atoms with Crippen LogP contribution in [0.15, 0.2) is 48.5 Å². The molecule has 0 spiro atoms. The van der Waals surface area contributed by atoms with Crippen LogP contribution in [-0.4, -0.2) is 35.0 Å². The first-order chi connectivity index (χ1) is 14.4. The van der Waals surface area contributed by atoms with Crippen molar-refractivity contribution in [3.8, 4) is 5.75 Å². The van der Waals surface area contributed by atoms with Crippen LogP contribution in [0.4, 0.5) is 0 Å². The number of amides is 1. The fourth-order valence-electron chi connectivity index (χ4n) is 3.24. The highest BCUT2D eigenvalue weighted by atomic mass is 16.5. The van der Waals surface area contributed by atoms with Crippen molar-refractivity contribution < 1.29 is 19.4 Å². The molecule has 2 aromatic carbocycles. The fourth-order valence-corrected chi connectivity index (χ4v) is 3.24. The number of ether oxygens (including phenoxy) is 1. The Labute approximate surface area is 179 Å². The Bertz CT molecular complexity index is 797. The molecule has 0 aliphatic carbocycles. The van der Waals surface area contributed by atoms with Crippen molar-refractivity contribution in [3.63, 3.8) is 0 Å². The van der Waals surface area contributed by atoms with Crippen molar-refractivity contribution in [2.45, 2.75) is 58.9 Å². The molecule has 2 rings (SSSR count). The van der Waals surface area contributed by atoms with Crippen molar-refractivity contribution in [1.82, 2.24) is 4.90 Å². The molecule has 0 saturated carbocycles. The van der Waals surface area contributed by atoms with Gasteiger partial charge in [0.15, 0.2) is 0 Å².